The van der Waals surface area contributed by atoms with Crippen molar-refractivity contribution in [3.05, 3.63) is 0 Å². The molecule has 18 heavy (non-hydrogen) atoms. The fourth-order valence-electron chi connectivity index (χ4n) is 3.20. The number of aliphatic hydroxyl groups is 1. The van der Waals surface area contributed by atoms with Gasteiger partial charge in [-0.1, -0.05) is 20.3 Å². The summed E-state index contributed by atoms with van der Waals surface area (Å²) in [4.78, 5) is 5.14. The molecule has 2 rings (SSSR count). The number of piperazine rings is 1. The Kier molecular flexibility index (Phi) is 5.46. The van der Waals surface area contributed by atoms with Crippen LogP contribution in [0.5, 0.6) is 0 Å². The molecule has 1 heterocycles. The predicted molar refractivity (Wildman–Crippen MR) is 75.7 cm³/mol. The summed E-state index contributed by atoms with van der Waals surface area (Å²) in [5.74, 6) is 1.00. The van der Waals surface area contributed by atoms with E-state index in [1.165, 1.54) is 32.5 Å². The monoisotopic (exact) mass is 254 g/mol. The van der Waals surface area contributed by atoms with E-state index in [0.29, 0.717) is 6.04 Å². The quantitative estimate of drug-likeness (QED) is 0.752. The number of rotatable bonds is 7. The molecule has 0 bridgehead atoms. The van der Waals surface area contributed by atoms with Crippen molar-refractivity contribution in [2.24, 2.45) is 5.92 Å². The van der Waals surface area contributed by atoms with Crippen LogP contribution in [-0.2, 0) is 0 Å². The Morgan fingerprint density at radius 2 is 1.78 bits per heavy atom. The first-order valence-electron chi connectivity index (χ1n) is 7.89. The average molecular weight is 254 g/mol. The van der Waals surface area contributed by atoms with Gasteiger partial charge in [0.05, 0.1) is 6.10 Å². The summed E-state index contributed by atoms with van der Waals surface area (Å²) in [6.07, 6.45) is 5.87. The van der Waals surface area contributed by atoms with E-state index >= 15 is 0 Å². The van der Waals surface area contributed by atoms with Gasteiger partial charge < -0.3 is 10.0 Å². The van der Waals surface area contributed by atoms with E-state index in [1.54, 1.807) is 0 Å². The summed E-state index contributed by atoms with van der Waals surface area (Å²) < 4.78 is 0. The van der Waals surface area contributed by atoms with Crippen LogP contribution in [0.15, 0.2) is 0 Å². The summed E-state index contributed by atoms with van der Waals surface area (Å²) in [6, 6.07) is 0.382. The van der Waals surface area contributed by atoms with Crippen LogP contribution < -0.4 is 0 Å². The maximum atomic E-state index is 10.2. The zero-order chi connectivity index (χ0) is 13.0. The lowest BCUT2D eigenvalue weighted by atomic mass is 10.0. The average Bonchev–Trinajstić information content (AvgIpc) is 3.16. The standard InChI is InChI=1S/C15H30N2O/c1-3-5-15(18)14(4-2)17-10-8-16(9-11-17)12-13-6-7-13/h13-15,18H,3-12H2,1-2H3. The third kappa shape index (κ3) is 3.94. The Morgan fingerprint density at radius 1 is 1.11 bits per heavy atom. The van der Waals surface area contributed by atoms with Gasteiger partial charge in [-0.2, -0.15) is 0 Å². The third-order valence-corrected chi connectivity index (χ3v) is 4.54. The highest BCUT2D eigenvalue weighted by molar-refractivity contribution is 4.85. The van der Waals surface area contributed by atoms with Crippen molar-refractivity contribution in [3.63, 3.8) is 0 Å². The highest BCUT2D eigenvalue weighted by Crippen LogP contribution is 2.30. The van der Waals surface area contributed by atoms with Crippen molar-refractivity contribution in [1.29, 1.82) is 0 Å². The summed E-state index contributed by atoms with van der Waals surface area (Å²) in [7, 11) is 0. The number of hydrogen-bond acceptors (Lipinski definition) is 3. The third-order valence-electron chi connectivity index (χ3n) is 4.54. The lowest BCUT2D eigenvalue weighted by molar-refractivity contribution is 0.0122. The van der Waals surface area contributed by atoms with E-state index in [-0.39, 0.29) is 6.10 Å². The Morgan fingerprint density at radius 3 is 2.28 bits per heavy atom. The number of aliphatic hydroxyl groups excluding tert-OH is 1. The van der Waals surface area contributed by atoms with Crippen LogP contribution in [0.1, 0.15) is 46.0 Å². The normalized spacial score (nSPS) is 26.2. The largest absolute Gasteiger partial charge is 0.391 e. The Hall–Kier alpha value is -0.120. The van der Waals surface area contributed by atoms with Gasteiger partial charge in [0.25, 0.3) is 0 Å². The Labute approximate surface area is 112 Å². The first-order chi connectivity index (χ1) is 8.74. The van der Waals surface area contributed by atoms with Gasteiger partial charge >= 0.3 is 0 Å². The van der Waals surface area contributed by atoms with Crippen LogP contribution in [0.3, 0.4) is 0 Å². The van der Waals surface area contributed by atoms with Crippen LogP contribution >= 0.6 is 0 Å². The molecule has 1 N–H and O–H groups in total. The van der Waals surface area contributed by atoms with Gasteiger partial charge in [-0.3, -0.25) is 4.90 Å². The van der Waals surface area contributed by atoms with Crippen molar-refractivity contribution >= 4 is 0 Å². The molecule has 2 fully saturated rings. The minimum absolute atomic E-state index is 0.130. The van der Waals surface area contributed by atoms with E-state index < -0.39 is 0 Å². The second-order valence-electron chi connectivity index (χ2n) is 6.11. The fourth-order valence-corrected chi connectivity index (χ4v) is 3.20. The van der Waals surface area contributed by atoms with Crippen molar-refractivity contribution in [3.8, 4) is 0 Å². The van der Waals surface area contributed by atoms with Gasteiger partial charge in [-0.25, -0.2) is 0 Å². The highest BCUT2D eigenvalue weighted by atomic mass is 16.3. The summed E-state index contributed by atoms with van der Waals surface area (Å²) in [5.41, 5.74) is 0. The lowest BCUT2D eigenvalue weighted by Gasteiger charge is -2.40. The van der Waals surface area contributed by atoms with Crippen molar-refractivity contribution in [2.75, 3.05) is 32.7 Å². The highest BCUT2D eigenvalue weighted by Gasteiger charge is 2.30. The molecule has 2 unspecified atom stereocenters. The van der Waals surface area contributed by atoms with Gasteiger partial charge in [-0.15, -0.1) is 0 Å². The van der Waals surface area contributed by atoms with Crippen LogP contribution in [0.4, 0.5) is 0 Å². The van der Waals surface area contributed by atoms with Crippen molar-refractivity contribution in [2.45, 2.75) is 58.1 Å². The van der Waals surface area contributed by atoms with Crippen molar-refractivity contribution < 1.29 is 5.11 Å². The zero-order valence-electron chi connectivity index (χ0n) is 12.1. The molecule has 0 aromatic heterocycles. The topological polar surface area (TPSA) is 26.7 Å². The van der Waals surface area contributed by atoms with Crippen LogP contribution in [0.2, 0.25) is 0 Å². The summed E-state index contributed by atoms with van der Waals surface area (Å²) in [6.45, 7) is 10.4. The van der Waals surface area contributed by atoms with Crippen LogP contribution in [0, 0.1) is 5.92 Å². The molecule has 0 radical (unpaired) electrons. The molecule has 2 aliphatic rings. The van der Waals surface area contributed by atoms with Crippen LogP contribution in [-0.4, -0.2) is 59.8 Å². The van der Waals surface area contributed by atoms with Crippen LogP contribution in [0.25, 0.3) is 0 Å². The number of hydrogen-bond donors (Lipinski definition) is 1. The molecule has 0 amide bonds. The molecule has 0 aromatic rings. The molecule has 0 aromatic carbocycles. The van der Waals surface area contributed by atoms with E-state index in [4.69, 9.17) is 0 Å². The van der Waals surface area contributed by atoms with Gasteiger partial charge in [0.15, 0.2) is 0 Å². The molecule has 1 saturated carbocycles. The molecule has 106 valence electrons. The minimum atomic E-state index is -0.130. The first kappa shape index (κ1) is 14.3. The molecule has 3 heteroatoms. The van der Waals surface area contributed by atoms with E-state index in [1.807, 2.05) is 0 Å². The van der Waals surface area contributed by atoms with E-state index in [0.717, 1.165) is 38.3 Å². The Balaban J connectivity index is 1.75. The molecule has 1 saturated heterocycles. The minimum Gasteiger partial charge on any atom is -0.391 e. The SMILES string of the molecule is CCCC(O)C(CC)N1CCN(CC2CC2)CC1. The van der Waals surface area contributed by atoms with E-state index in [2.05, 4.69) is 23.6 Å². The van der Waals surface area contributed by atoms with Gasteiger partial charge in [0, 0.05) is 38.8 Å². The zero-order valence-corrected chi connectivity index (χ0v) is 12.1. The summed E-state index contributed by atoms with van der Waals surface area (Å²) in [5, 5.41) is 10.2. The van der Waals surface area contributed by atoms with Crippen molar-refractivity contribution in [1.82, 2.24) is 9.80 Å². The molecular weight excluding hydrogens is 224 g/mol. The second kappa shape index (κ2) is 6.88. The second-order valence-corrected chi connectivity index (χ2v) is 6.11. The first-order valence-corrected chi connectivity index (χ1v) is 7.89. The Bertz CT molecular complexity index is 235. The molecule has 3 nitrogen and oxygen atoms in total. The molecule has 0 spiro atoms. The van der Waals surface area contributed by atoms with E-state index in [9.17, 15) is 5.11 Å². The molecule has 1 aliphatic carbocycles. The predicted octanol–water partition coefficient (Wildman–Crippen LogP) is 1.95. The van der Waals surface area contributed by atoms with Gasteiger partial charge in [0.2, 0.25) is 0 Å². The maximum absolute atomic E-state index is 10.2. The van der Waals surface area contributed by atoms with Gasteiger partial charge in [-0.05, 0) is 31.6 Å². The molecule has 1 aliphatic heterocycles. The smallest absolute Gasteiger partial charge is 0.0695 e. The molecule has 2 atom stereocenters. The maximum Gasteiger partial charge on any atom is 0.0695 e. The fraction of sp³-hybridized carbons (Fsp3) is 1.00. The number of nitrogens with zero attached hydrogens (tertiary/aromatic N) is 2. The lowest BCUT2D eigenvalue weighted by Crippen LogP contribution is -2.53. The molecular formula is C15H30N2O. The van der Waals surface area contributed by atoms with Gasteiger partial charge in [0.1, 0.15) is 0 Å². The summed E-state index contributed by atoms with van der Waals surface area (Å²) >= 11 is 0.